The molecule has 53 heavy (non-hydrogen) atoms. The molecular formula is C52H55N. The van der Waals surface area contributed by atoms with Crippen molar-refractivity contribution in [1.82, 2.24) is 0 Å². The van der Waals surface area contributed by atoms with Crippen molar-refractivity contribution in [3.63, 3.8) is 0 Å². The lowest BCUT2D eigenvalue weighted by Crippen LogP contribution is -2.19. The average Bonchev–Trinajstić information content (AvgIpc) is 3.56. The number of allylic oxidation sites excluding steroid dienone is 4. The SMILES string of the molecule is CC1(C)c2cc(N(C3=CC=C(C4CCC5CCC4C5)CCC3)c3ccc(C4CCCCC4)cc3)ccc2-c2cccc(-c3cccc4ccccc34)c21. The van der Waals surface area contributed by atoms with Crippen LogP contribution in [0.1, 0.15) is 120 Å². The molecule has 0 heterocycles. The molecule has 0 spiro atoms. The molecule has 1 nitrogen and oxygen atoms in total. The van der Waals surface area contributed by atoms with E-state index >= 15 is 0 Å². The summed E-state index contributed by atoms with van der Waals surface area (Å²) < 4.78 is 0. The monoisotopic (exact) mass is 693 g/mol. The summed E-state index contributed by atoms with van der Waals surface area (Å²) in [7, 11) is 0. The van der Waals surface area contributed by atoms with Gasteiger partial charge in [0, 0.05) is 22.5 Å². The van der Waals surface area contributed by atoms with Gasteiger partial charge in [0.2, 0.25) is 0 Å². The van der Waals surface area contributed by atoms with Gasteiger partial charge in [-0.05, 0) is 162 Å². The fraction of sp³-hybridized carbons (Fsp3) is 0.385. The standard InChI is InChI=1S/C52H55N/c1-52(2)50-34-43(30-32-47(50)49-20-10-19-48(51(49)52)46-18-9-15-38-13-6-7-17-45(38)46)53(42-27-24-37(25-28-42)36-11-4-3-5-12-36)41-16-8-14-39(26-29-41)44-31-22-35-21-23-40(44)33-35/h6-7,9-10,13,15,17-20,24-30,32,34-36,40,44H,3-5,8,11-12,14,16,21-23,31,33H2,1-2H3. The van der Waals surface area contributed by atoms with Crippen LogP contribution < -0.4 is 4.90 Å². The van der Waals surface area contributed by atoms with E-state index in [0.717, 1.165) is 30.1 Å². The molecule has 5 aliphatic carbocycles. The molecule has 3 unspecified atom stereocenters. The first-order chi connectivity index (χ1) is 26.0. The van der Waals surface area contributed by atoms with Gasteiger partial charge in [-0.2, -0.15) is 0 Å². The second kappa shape index (κ2) is 13.5. The Kier molecular flexibility index (Phi) is 8.46. The number of rotatable bonds is 6. The maximum absolute atomic E-state index is 2.63. The van der Waals surface area contributed by atoms with Crippen LogP contribution in [0.15, 0.2) is 127 Å². The number of anilines is 2. The molecule has 3 saturated carbocycles. The van der Waals surface area contributed by atoms with Crippen molar-refractivity contribution in [3.8, 4) is 22.3 Å². The summed E-state index contributed by atoms with van der Waals surface area (Å²) in [5.41, 5.74) is 15.5. The highest BCUT2D eigenvalue weighted by Crippen LogP contribution is 2.54. The molecule has 1 heteroatoms. The number of nitrogens with zero attached hydrogens (tertiary/aromatic N) is 1. The summed E-state index contributed by atoms with van der Waals surface area (Å²) in [5.74, 6) is 3.47. The lowest BCUT2D eigenvalue weighted by Gasteiger charge is -2.31. The van der Waals surface area contributed by atoms with Gasteiger partial charge in [0.25, 0.3) is 0 Å². The normalized spacial score (nSPS) is 23.5. The van der Waals surface area contributed by atoms with E-state index in [-0.39, 0.29) is 5.41 Å². The molecule has 0 aromatic heterocycles. The summed E-state index contributed by atoms with van der Waals surface area (Å²) in [6.45, 7) is 4.91. The molecule has 0 amide bonds. The molecule has 0 radical (unpaired) electrons. The maximum Gasteiger partial charge on any atom is 0.0461 e. The Morgan fingerprint density at radius 2 is 1.32 bits per heavy atom. The zero-order chi connectivity index (χ0) is 35.5. The molecule has 0 N–H and O–H groups in total. The zero-order valence-corrected chi connectivity index (χ0v) is 31.9. The van der Waals surface area contributed by atoms with Crippen molar-refractivity contribution in [2.45, 2.75) is 109 Å². The van der Waals surface area contributed by atoms with Gasteiger partial charge in [0.05, 0.1) is 0 Å². The Bertz CT molecular complexity index is 2220. The lowest BCUT2D eigenvalue weighted by molar-refractivity contribution is 0.275. The number of fused-ring (bicyclic) bond motifs is 6. The first kappa shape index (κ1) is 33.2. The molecule has 268 valence electrons. The third kappa shape index (κ3) is 5.81. The van der Waals surface area contributed by atoms with Crippen molar-refractivity contribution in [1.29, 1.82) is 0 Å². The van der Waals surface area contributed by atoms with Crippen LogP contribution in [0.4, 0.5) is 11.4 Å². The minimum absolute atomic E-state index is 0.143. The van der Waals surface area contributed by atoms with Crippen LogP contribution in [0.5, 0.6) is 0 Å². The molecule has 5 aromatic rings. The average molecular weight is 694 g/mol. The summed E-state index contributed by atoms with van der Waals surface area (Å²) in [4.78, 5) is 2.63. The van der Waals surface area contributed by atoms with Crippen molar-refractivity contribution in [3.05, 3.63) is 143 Å². The van der Waals surface area contributed by atoms with Gasteiger partial charge < -0.3 is 4.90 Å². The van der Waals surface area contributed by atoms with Gasteiger partial charge in [0.1, 0.15) is 0 Å². The second-order valence-corrected chi connectivity index (χ2v) is 17.7. The highest BCUT2D eigenvalue weighted by Gasteiger charge is 2.39. The molecule has 0 saturated heterocycles. The first-order valence-corrected chi connectivity index (χ1v) is 21.1. The molecule has 10 rings (SSSR count). The third-order valence-corrected chi connectivity index (χ3v) is 14.4. The molecule has 0 aliphatic heterocycles. The van der Waals surface area contributed by atoms with Crippen LogP contribution >= 0.6 is 0 Å². The predicted octanol–water partition coefficient (Wildman–Crippen LogP) is 14.8. The Morgan fingerprint density at radius 1 is 0.585 bits per heavy atom. The Hall–Kier alpha value is -4.36. The minimum Gasteiger partial charge on any atom is -0.314 e. The van der Waals surface area contributed by atoms with Crippen LogP contribution in [0, 0.1) is 17.8 Å². The van der Waals surface area contributed by atoms with Crippen LogP contribution in [0.3, 0.4) is 0 Å². The Balaban J connectivity index is 1.06. The third-order valence-electron chi connectivity index (χ3n) is 14.4. The minimum atomic E-state index is -0.143. The number of benzene rings is 5. The Morgan fingerprint density at radius 3 is 2.19 bits per heavy atom. The molecule has 3 fully saturated rings. The van der Waals surface area contributed by atoms with E-state index in [1.165, 1.54) is 144 Å². The van der Waals surface area contributed by atoms with Crippen molar-refractivity contribution >= 4 is 22.1 Å². The number of hydrogen-bond acceptors (Lipinski definition) is 1. The Labute approximate surface area is 317 Å². The van der Waals surface area contributed by atoms with Crippen LogP contribution in [0.2, 0.25) is 0 Å². The highest BCUT2D eigenvalue weighted by molar-refractivity contribution is 6.00. The van der Waals surface area contributed by atoms with Crippen LogP contribution in [-0.2, 0) is 5.41 Å². The molecular weight excluding hydrogens is 639 g/mol. The summed E-state index contributed by atoms with van der Waals surface area (Å²) >= 11 is 0. The van der Waals surface area contributed by atoms with Crippen molar-refractivity contribution in [2.75, 3.05) is 4.90 Å². The van der Waals surface area contributed by atoms with Gasteiger partial charge in [-0.1, -0.05) is 130 Å². The summed E-state index contributed by atoms with van der Waals surface area (Å²) in [6, 6.07) is 39.8. The van der Waals surface area contributed by atoms with Crippen LogP contribution in [0.25, 0.3) is 33.0 Å². The molecule has 5 aromatic carbocycles. The first-order valence-electron chi connectivity index (χ1n) is 21.1. The lowest BCUT2D eigenvalue weighted by atomic mass is 9.75. The van der Waals surface area contributed by atoms with E-state index in [2.05, 4.69) is 134 Å². The van der Waals surface area contributed by atoms with E-state index < -0.39 is 0 Å². The second-order valence-electron chi connectivity index (χ2n) is 17.7. The summed E-state index contributed by atoms with van der Waals surface area (Å²) in [6.07, 6.45) is 22.8. The predicted molar refractivity (Wildman–Crippen MR) is 225 cm³/mol. The van der Waals surface area contributed by atoms with Crippen molar-refractivity contribution < 1.29 is 0 Å². The number of hydrogen-bond donors (Lipinski definition) is 0. The molecule has 2 bridgehead atoms. The van der Waals surface area contributed by atoms with E-state index in [4.69, 9.17) is 0 Å². The van der Waals surface area contributed by atoms with E-state index in [1.807, 2.05) is 0 Å². The fourth-order valence-electron chi connectivity index (χ4n) is 11.7. The van der Waals surface area contributed by atoms with E-state index in [9.17, 15) is 0 Å². The zero-order valence-electron chi connectivity index (χ0n) is 31.9. The van der Waals surface area contributed by atoms with E-state index in [0.29, 0.717) is 0 Å². The topological polar surface area (TPSA) is 3.24 Å². The van der Waals surface area contributed by atoms with Gasteiger partial charge in [-0.25, -0.2) is 0 Å². The molecule has 3 atom stereocenters. The van der Waals surface area contributed by atoms with Gasteiger partial charge in [-0.15, -0.1) is 0 Å². The van der Waals surface area contributed by atoms with Gasteiger partial charge in [-0.3, -0.25) is 0 Å². The van der Waals surface area contributed by atoms with E-state index in [1.54, 1.807) is 5.57 Å². The smallest absolute Gasteiger partial charge is 0.0461 e. The quantitative estimate of drug-likeness (QED) is 0.171. The van der Waals surface area contributed by atoms with Gasteiger partial charge >= 0.3 is 0 Å². The summed E-state index contributed by atoms with van der Waals surface area (Å²) in [5, 5.41) is 2.63. The maximum atomic E-state index is 2.63. The van der Waals surface area contributed by atoms with Crippen LogP contribution in [-0.4, -0.2) is 0 Å². The largest absolute Gasteiger partial charge is 0.314 e. The van der Waals surface area contributed by atoms with Gasteiger partial charge in [0.15, 0.2) is 0 Å². The fourth-order valence-corrected chi connectivity index (χ4v) is 11.7. The highest BCUT2D eigenvalue weighted by atomic mass is 15.1. The van der Waals surface area contributed by atoms with Crippen molar-refractivity contribution in [2.24, 2.45) is 17.8 Å². The molecule has 5 aliphatic rings.